The summed E-state index contributed by atoms with van der Waals surface area (Å²) in [5, 5.41) is 0. The maximum atomic E-state index is 12.3. The third-order valence-corrected chi connectivity index (χ3v) is 1.95. The maximum Gasteiger partial charge on any atom is 0.395 e. The minimum Gasteiger partial charge on any atom is -0.398 e. The highest BCUT2D eigenvalue weighted by Gasteiger charge is 2.37. The Morgan fingerprint density at radius 2 is 1.77 bits per heavy atom. The summed E-state index contributed by atoms with van der Waals surface area (Å²) < 4.78 is 36.8. The zero-order valence-corrected chi connectivity index (χ0v) is 7.10. The van der Waals surface area contributed by atoms with Crippen molar-refractivity contribution >= 4 is 5.69 Å². The number of hydrogen-bond donors (Lipinski definition) is 1. The van der Waals surface area contributed by atoms with Gasteiger partial charge in [0, 0.05) is 5.69 Å². The number of halogens is 3. The minimum atomic E-state index is -4.23. The summed E-state index contributed by atoms with van der Waals surface area (Å²) in [6, 6.07) is 6.03. The van der Waals surface area contributed by atoms with Crippen LogP contribution in [0.1, 0.15) is 18.4 Å². The van der Waals surface area contributed by atoms with E-state index in [9.17, 15) is 13.2 Å². The van der Waals surface area contributed by atoms with Gasteiger partial charge in [-0.1, -0.05) is 18.2 Å². The van der Waals surface area contributed by atoms with Crippen LogP contribution >= 0.6 is 0 Å². The quantitative estimate of drug-likeness (QED) is 0.675. The zero-order valence-electron chi connectivity index (χ0n) is 7.10. The number of anilines is 1. The van der Waals surface area contributed by atoms with E-state index in [0.29, 0.717) is 0 Å². The van der Waals surface area contributed by atoms with Crippen LogP contribution in [-0.4, -0.2) is 6.18 Å². The summed E-state index contributed by atoms with van der Waals surface area (Å²) in [6.07, 6.45) is -4.23. The smallest absolute Gasteiger partial charge is 0.395 e. The number of para-hydroxylation sites is 1. The molecule has 0 heterocycles. The average molecular weight is 189 g/mol. The van der Waals surface area contributed by atoms with Gasteiger partial charge < -0.3 is 5.73 Å². The second kappa shape index (κ2) is 3.28. The normalized spacial score (nSPS) is 14.2. The summed E-state index contributed by atoms with van der Waals surface area (Å²) in [7, 11) is 0. The van der Waals surface area contributed by atoms with Crippen LogP contribution in [0.15, 0.2) is 24.3 Å². The maximum absolute atomic E-state index is 12.3. The predicted molar refractivity (Wildman–Crippen MR) is 45.3 cm³/mol. The highest BCUT2D eigenvalue weighted by molar-refractivity contribution is 5.48. The molecule has 0 amide bonds. The van der Waals surface area contributed by atoms with Gasteiger partial charge in [0.1, 0.15) is 0 Å². The molecule has 1 unspecified atom stereocenters. The van der Waals surface area contributed by atoms with Crippen molar-refractivity contribution in [1.29, 1.82) is 0 Å². The van der Waals surface area contributed by atoms with E-state index in [-0.39, 0.29) is 11.3 Å². The summed E-state index contributed by atoms with van der Waals surface area (Å²) in [5.74, 6) is -1.51. The summed E-state index contributed by atoms with van der Waals surface area (Å²) >= 11 is 0. The van der Waals surface area contributed by atoms with Crippen LogP contribution in [0.5, 0.6) is 0 Å². The molecule has 0 bridgehead atoms. The molecular formula is C9H10F3N. The lowest BCUT2D eigenvalue weighted by molar-refractivity contribution is -0.146. The SMILES string of the molecule is CC(c1ccccc1N)C(F)(F)F. The topological polar surface area (TPSA) is 26.0 Å². The van der Waals surface area contributed by atoms with Crippen LogP contribution in [-0.2, 0) is 0 Å². The fourth-order valence-corrected chi connectivity index (χ4v) is 1.08. The second-order valence-electron chi connectivity index (χ2n) is 2.89. The van der Waals surface area contributed by atoms with E-state index in [1.807, 2.05) is 0 Å². The highest BCUT2D eigenvalue weighted by Crippen LogP contribution is 2.36. The number of hydrogen-bond acceptors (Lipinski definition) is 1. The van der Waals surface area contributed by atoms with E-state index in [0.717, 1.165) is 6.92 Å². The molecule has 0 radical (unpaired) electrons. The molecule has 13 heavy (non-hydrogen) atoms. The number of nitrogen functional groups attached to an aromatic ring is 1. The van der Waals surface area contributed by atoms with Gasteiger partial charge in [-0.2, -0.15) is 13.2 Å². The van der Waals surface area contributed by atoms with E-state index >= 15 is 0 Å². The molecule has 4 heteroatoms. The predicted octanol–water partition coefficient (Wildman–Crippen LogP) is 2.93. The van der Waals surface area contributed by atoms with Crippen molar-refractivity contribution in [3.8, 4) is 0 Å². The van der Waals surface area contributed by atoms with Crippen LogP contribution in [0, 0.1) is 0 Å². The third kappa shape index (κ3) is 2.14. The van der Waals surface area contributed by atoms with Crippen LogP contribution < -0.4 is 5.73 Å². The van der Waals surface area contributed by atoms with Crippen LogP contribution in [0.2, 0.25) is 0 Å². The van der Waals surface area contributed by atoms with Crippen molar-refractivity contribution in [2.24, 2.45) is 0 Å². The number of nitrogens with two attached hydrogens (primary N) is 1. The Bertz CT molecular complexity index is 293. The first kappa shape index (κ1) is 9.89. The van der Waals surface area contributed by atoms with Gasteiger partial charge in [0.25, 0.3) is 0 Å². The molecule has 0 fully saturated rings. The molecule has 1 aromatic carbocycles. The molecule has 0 aromatic heterocycles. The zero-order chi connectivity index (χ0) is 10.1. The lowest BCUT2D eigenvalue weighted by Crippen LogP contribution is -2.18. The molecule has 72 valence electrons. The first-order valence-corrected chi connectivity index (χ1v) is 3.84. The van der Waals surface area contributed by atoms with Gasteiger partial charge >= 0.3 is 6.18 Å². The van der Waals surface area contributed by atoms with Gasteiger partial charge in [0.2, 0.25) is 0 Å². The van der Waals surface area contributed by atoms with Crippen LogP contribution in [0.3, 0.4) is 0 Å². The van der Waals surface area contributed by atoms with E-state index in [1.165, 1.54) is 12.1 Å². The van der Waals surface area contributed by atoms with Gasteiger partial charge in [-0.15, -0.1) is 0 Å². The average Bonchev–Trinajstić information content (AvgIpc) is 2.02. The molecule has 1 nitrogen and oxygen atoms in total. The Morgan fingerprint density at radius 1 is 1.23 bits per heavy atom. The first-order valence-electron chi connectivity index (χ1n) is 3.84. The van der Waals surface area contributed by atoms with E-state index in [1.54, 1.807) is 12.1 Å². The minimum absolute atomic E-state index is 0.134. The Kier molecular flexibility index (Phi) is 2.50. The number of rotatable bonds is 1. The van der Waals surface area contributed by atoms with Crippen molar-refractivity contribution in [3.05, 3.63) is 29.8 Å². The Hall–Kier alpha value is -1.19. The molecule has 1 aromatic rings. The first-order chi connectivity index (χ1) is 5.93. The largest absolute Gasteiger partial charge is 0.398 e. The summed E-state index contributed by atoms with van der Waals surface area (Å²) in [4.78, 5) is 0. The molecule has 0 saturated heterocycles. The van der Waals surface area contributed by atoms with Gasteiger partial charge in [-0.05, 0) is 18.6 Å². The highest BCUT2D eigenvalue weighted by atomic mass is 19.4. The molecular weight excluding hydrogens is 179 g/mol. The van der Waals surface area contributed by atoms with E-state index < -0.39 is 12.1 Å². The Morgan fingerprint density at radius 3 is 2.23 bits per heavy atom. The van der Waals surface area contributed by atoms with Crippen LogP contribution in [0.25, 0.3) is 0 Å². The number of benzene rings is 1. The van der Waals surface area contributed by atoms with Crippen molar-refractivity contribution in [1.82, 2.24) is 0 Å². The van der Waals surface area contributed by atoms with E-state index in [2.05, 4.69) is 0 Å². The molecule has 2 N–H and O–H groups in total. The van der Waals surface area contributed by atoms with Crippen LogP contribution in [0.4, 0.5) is 18.9 Å². The molecule has 0 spiro atoms. The van der Waals surface area contributed by atoms with Gasteiger partial charge in [-0.3, -0.25) is 0 Å². The molecule has 0 aliphatic rings. The fourth-order valence-electron chi connectivity index (χ4n) is 1.08. The van der Waals surface area contributed by atoms with Crippen molar-refractivity contribution in [2.45, 2.75) is 19.0 Å². The monoisotopic (exact) mass is 189 g/mol. The fraction of sp³-hybridized carbons (Fsp3) is 0.333. The Balaban J connectivity index is 3.02. The van der Waals surface area contributed by atoms with Crippen molar-refractivity contribution in [3.63, 3.8) is 0 Å². The number of alkyl halides is 3. The molecule has 1 rings (SSSR count). The van der Waals surface area contributed by atoms with E-state index in [4.69, 9.17) is 5.73 Å². The molecule has 0 saturated carbocycles. The van der Waals surface area contributed by atoms with Crippen molar-refractivity contribution < 1.29 is 13.2 Å². The second-order valence-corrected chi connectivity index (χ2v) is 2.89. The van der Waals surface area contributed by atoms with Gasteiger partial charge in [-0.25, -0.2) is 0 Å². The lowest BCUT2D eigenvalue weighted by atomic mass is 9.99. The lowest BCUT2D eigenvalue weighted by Gasteiger charge is -2.17. The molecule has 0 aliphatic heterocycles. The molecule has 1 atom stereocenters. The van der Waals surface area contributed by atoms with Gasteiger partial charge in [0.05, 0.1) is 5.92 Å². The molecule has 0 aliphatic carbocycles. The standard InChI is InChI=1S/C9H10F3N/c1-6(9(10,11)12)7-4-2-3-5-8(7)13/h2-6H,13H2,1H3. The van der Waals surface area contributed by atoms with Gasteiger partial charge in [0.15, 0.2) is 0 Å². The van der Waals surface area contributed by atoms with Crippen molar-refractivity contribution in [2.75, 3.05) is 5.73 Å². The summed E-state index contributed by atoms with van der Waals surface area (Å²) in [5.41, 5.74) is 5.74. The summed E-state index contributed by atoms with van der Waals surface area (Å²) in [6.45, 7) is 1.10. The Labute approximate surface area is 74.4 Å². The third-order valence-electron chi connectivity index (χ3n) is 1.95.